The normalized spacial score (nSPS) is 13.3. The van der Waals surface area contributed by atoms with Crippen LogP contribution in [0, 0.1) is 0 Å². The average Bonchev–Trinajstić information content (AvgIpc) is 2.37. The minimum Gasteiger partial charge on any atom is -0.392 e. The van der Waals surface area contributed by atoms with Crippen LogP contribution in [0.25, 0.3) is 10.9 Å². The Morgan fingerprint density at radius 1 is 1.30 bits per heavy atom. The lowest BCUT2D eigenvalue weighted by atomic mass is 10.1. The van der Waals surface area contributed by atoms with Crippen molar-refractivity contribution in [2.45, 2.75) is 39.5 Å². The topological polar surface area (TPSA) is 36.4 Å². The van der Waals surface area contributed by atoms with E-state index in [4.69, 9.17) is 0 Å². The number of aliphatic hydroxyl groups excluding tert-OH is 1. The quantitative estimate of drug-likeness (QED) is 0.906. The van der Waals surface area contributed by atoms with Gasteiger partial charge in [0.15, 0.2) is 0 Å². The molecule has 0 saturated heterocycles. The van der Waals surface area contributed by atoms with E-state index < -0.39 is 0 Å². The third-order valence-electron chi connectivity index (χ3n) is 3.35. The Morgan fingerprint density at radius 3 is 2.70 bits per heavy atom. The van der Waals surface area contributed by atoms with E-state index >= 15 is 0 Å². The largest absolute Gasteiger partial charge is 0.392 e. The molecule has 1 aromatic heterocycles. The Bertz CT molecular complexity index is 584. The summed E-state index contributed by atoms with van der Waals surface area (Å²) in [6, 6.07) is 8.61. The summed E-state index contributed by atoms with van der Waals surface area (Å²) in [6.45, 7) is 7.58. The van der Waals surface area contributed by atoms with Crippen LogP contribution in [0.15, 0.2) is 34.9 Å². The fraction of sp³-hybridized carbons (Fsp3) is 0.438. The van der Waals surface area contributed by atoms with Crippen molar-refractivity contribution in [2.75, 3.05) is 6.54 Å². The summed E-state index contributed by atoms with van der Waals surface area (Å²) in [5.74, 6) is 0. The van der Waals surface area contributed by atoms with Gasteiger partial charge in [-0.25, -0.2) is 0 Å². The van der Waals surface area contributed by atoms with Crippen molar-refractivity contribution < 1.29 is 5.11 Å². The zero-order chi connectivity index (χ0) is 14.7. The molecule has 3 nitrogen and oxygen atoms in total. The first-order valence-electron chi connectivity index (χ1n) is 6.92. The van der Waals surface area contributed by atoms with Crippen molar-refractivity contribution in [2.24, 2.45) is 0 Å². The first kappa shape index (κ1) is 15.4. The molecule has 0 saturated carbocycles. The van der Waals surface area contributed by atoms with Gasteiger partial charge in [0, 0.05) is 35.2 Å². The minimum atomic E-state index is -0.330. The van der Waals surface area contributed by atoms with Gasteiger partial charge in [-0.2, -0.15) is 0 Å². The van der Waals surface area contributed by atoms with Crippen LogP contribution in [0.1, 0.15) is 26.3 Å². The zero-order valence-corrected chi connectivity index (χ0v) is 13.8. The zero-order valence-electron chi connectivity index (χ0n) is 12.2. The Morgan fingerprint density at radius 2 is 2.05 bits per heavy atom. The van der Waals surface area contributed by atoms with Crippen molar-refractivity contribution in [1.29, 1.82) is 0 Å². The number of hydrogen-bond donors (Lipinski definition) is 1. The third-order valence-corrected chi connectivity index (χ3v) is 3.81. The number of nitrogens with zero attached hydrogens (tertiary/aromatic N) is 2. The molecule has 0 fully saturated rings. The van der Waals surface area contributed by atoms with E-state index in [1.54, 1.807) is 0 Å². The third kappa shape index (κ3) is 3.78. The van der Waals surface area contributed by atoms with Crippen LogP contribution >= 0.6 is 15.9 Å². The second kappa shape index (κ2) is 6.66. The molecule has 0 spiro atoms. The van der Waals surface area contributed by atoms with Gasteiger partial charge in [-0.05, 0) is 44.5 Å². The molecule has 0 amide bonds. The van der Waals surface area contributed by atoms with Crippen molar-refractivity contribution in [3.63, 3.8) is 0 Å². The molecular formula is C16H21BrN2O. The highest BCUT2D eigenvalue weighted by Crippen LogP contribution is 2.24. The van der Waals surface area contributed by atoms with E-state index in [-0.39, 0.29) is 6.10 Å². The first-order chi connectivity index (χ1) is 9.47. The average molecular weight is 337 g/mol. The molecule has 0 aliphatic heterocycles. The van der Waals surface area contributed by atoms with Crippen LogP contribution < -0.4 is 0 Å². The molecule has 2 aromatic rings. The van der Waals surface area contributed by atoms with Gasteiger partial charge in [-0.15, -0.1) is 0 Å². The van der Waals surface area contributed by atoms with E-state index in [0.29, 0.717) is 12.6 Å². The molecule has 20 heavy (non-hydrogen) atoms. The molecular weight excluding hydrogens is 316 g/mol. The molecule has 1 aromatic carbocycles. The number of halogens is 1. The molecule has 1 unspecified atom stereocenters. The second-order valence-electron chi connectivity index (χ2n) is 5.51. The number of aromatic nitrogens is 1. The highest BCUT2D eigenvalue weighted by atomic mass is 79.9. The minimum absolute atomic E-state index is 0.330. The van der Waals surface area contributed by atoms with Gasteiger partial charge in [0.2, 0.25) is 0 Å². The number of fused-ring (bicyclic) bond motifs is 1. The van der Waals surface area contributed by atoms with E-state index in [2.05, 4.69) is 57.9 Å². The van der Waals surface area contributed by atoms with Gasteiger partial charge in [0.05, 0.1) is 11.6 Å². The summed E-state index contributed by atoms with van der Waals surface area (Å²) in [6.07, 6.45) is 1.50. The maximum Gasteiger partial charge on any atom is 0.0747 e. The maximum atomic E-state index is 9.65. The van der Waals surface area contributed by atoms with Crippen molar-refractivity contribution in [1.82, 2.24) is 9.88 Å². The number of rotatable bonds is 5. The van der Waals surface area contributed by atoms with Gasteiger partial charge in [-0.1, -0.05) is 22.0 Å². The Labute approximate surface area is 128 Å². The molecule has 1 N–H and O–H groups in total. The van der Waals surface area contributed by atoms with E-state index in [1.807, 2.05) is 19.2 Å². The Kier molecular flexibility index (Phi) is 5.13. The predicted octanol–water partition coefficient (Wildman–Crippen LogP) is 3.59. The lowest BCUT2D eigenvalue weighted by molar-refractivity contribution is 0.103. The van der Waals surface area contributed by atoms with Crippen LogP contribution in [-0.2, 0) is 6.54 Å². The van der Waals surface area contributed by atoms with Gasteiger partial charge in [0.25, 0.3) is 0 Å². The standard InChI is InChI=1S/C16H21BrN2O/c1-11(2)19(9-12(3)20)10-14-8-15(17)7-13-5-4-6-18-16(13)14/h4-8,11-12,20H,9-10H2,1-3H3. The monoisotopic (exact) mass is 336 g/mol. The summed E-state index contributed by atoms with van der Waals surface area (Å²) < 4.78 is 1.06. The van der Waals surface area contributed by atoms with Crippen molar-refractivity contribution in [3.05, 3.63) is 40.5 Å². The molecule has 4 heteroatoms. The van der Waals surface area contributed by atoms with E-state index in [9.17, 15) is 5.11 Å². The van der Waals surface area contributed by atoms with Crippen LogP contribution in [-0.4, -0.2) is 33.7 Å². The molecule has 108 valence electrons. The van der Waals surface area contributed by atoms with Gasteiger partial charge < -0.3 is 5.11 Å². The lowest BCUT2D eigenvalue weighted by Crippen LogP contribution is -2.36. The van der Waals surface area contributed by atoms with Crippen LogP contribution in [0.4, 0.5) is 0 Å². The molecule has 1 atom stereocenters. The van der Waals surface area contributed by atoms with Gasteiger partial charge >= 0.3 is 0 Å². The molecule has 1 heterocycles. The summed E-state index contributed by atoms with van der Waals surface area (Å²) in [5.41, 5.74) is 2.22. The van der Waals surface area contributed by atoms with Crippen LogP contribution in [0.2, 0.25) is 0 Å². The SMILES string of the molecule is CC(O)CN(Cc1cc(Br)cc2cccnc12)C(C)C. The second-order valence-corrected chi connectivity index (χ2v) is 6.43. The smallest absolute Gasteiger partial charge is 0.0747 e. The summed E-state index contributed by atoms with van der Waals surface area (Å²) in [5, 5.41) is 10.8. The highest BCUT2D eigenvalue weighted by molar-refractivity contribution is 9.10. The van der Waals surface area contributed by atoms with Crippen molar-refractivity contribution >= 4 is 26.8 Å². The first-order valence-corrected chi connectivity index (χ1v) is 7.72. The fourth-order valence-electron chi connectivity index (χ4n) is 2.36. The lowest BCUT2D eigenvalue weighted by Gasteiger charge is -2.28. The molecule has 2 rings (SSSR count). The molecule has 0 radical (unpaired) electrons. The number of pyridine rings is 1. The van der Waals surface area contributed by atoms with Gasteiger partial charge in [0.1, 0.15) is 0 Å². The molecule has 0 aliphatic rings. The fourth-order valence-corrected chi connectivity index (χ4v) is 2.89. The molecule has 0 aliphatic carbocycles. The highest BCUT2D eigenvalue weighted by Gasteiger charge is 2.15. The summed E-state index contributed by atoms with van der Waals surface area (Å²) in [4.78, 5) is 6.77. The Balaban J connectivity index is 2.36. The van der Waals surface area contributed by atoms with Crippen molar-refractivity contribution in [3.8, 4) is 0 Å². The van der Waals surface area contributed by atoms with Gasteiger partial charge in [-0.3, -0.25) is 9.88 Å². The number of hydrogen-bond acceptors (Lipinski definition) is 3. The van der Waals surface area contributed by atoms with Crippen LogP contribution in [0.5, 0.6) is 0 Å². The summed E-state index contributed by atoms with van der Waals surface area (Å²) in [7, 11) is 0. The summed E-state index contributed by atoms with van der Waals surface area (Å²) >= 11 is 3.57. The number of aliphatic hydroxyl groups is 1. The van der Waals surface area contributed by atoms with Crippen LogP contribution in [0.3, 0.4) is 0 Å². The van der Waals surface area contributed by atoms with E-state index in [1.165, 1.54) is 5.56 Å². The molecule has 0 bridgehead atoms. The number of benzene rings is 1. The maximum absolute atomic E-state index is 9.65. The van der Waals surface area contributed by atoms with E-state index in [0.717, 1.165) is 21.9 Å². The Hall–Kier alpha value is -0.970. The predicted molar refractivity (Wildman–Crippen MR) is 86.7 cm³/mol.